The van der Waals surface area contributed by atoms with Crippen LogP contribution in [0.2, 0.25) is 5.02 Å². The summed E-state index contributed by atoms with van der Waals surface area (Å²) in [6.07, 6.45) is 0. The first-order valence-electron chi connectivity index (χ1n) is 6.34. The second-order valence-electron chi connectivity index (χ2n) is 4.58. The van der Waals surface area contributed by atoms with E-state index in [1.54, 1.807) is 55.5 Å². The number of carbonyl (C=O) groups is 2. The van der Waals surface area contributed by atoms with Crippen LogP contribution in [0.4, 0.5) is 5.69 Å². The molecule has 0 aliphatic rings. The molecule has 4 nitrogen and oxygen atoms in total. The molecule has 1 amide bonds. The van der Waals surface area contributed by atoms with Crippen LogP contribution in [0.5, 0.6) is 0 Å². The van der Waals surface area contributed by atoms with Crippen LogP contribution in [0.15, 0.2) is 48.5 Å². The number of hydrogen-bond acceptors (Lipinski definition) is 2. The molecule has 0 fully saturated rings. The maximum Gasteiger partial charge on any atom is 0.323 e. The second kappa shape index (κ2) is 6.41. The Morgan fingerprint density at radius 1 is 1.14 bits per heavy atom. The van der Waals surface area contributed by atoms with Gasteiger partial charge in [-0.05, 0) is 42.8 Å². The molecule has 0 aliphatic carbocycles. The summed E-state index contributed by atoms with van der Waals surface area (Å²) >= 11 is 5.88. The zero-order chi connectivity index (χ0) is 15.4. The molecule has 0 aliphatic heterocycles. The Labute approximate surface area is 127 Å². The SMILES string of the molecule is Cc1cc(Cl)ccc1C(=O)N(CC(=O)O)c1ccccc1. The van der Waals surface area contributed by atoms with E-state index in [-0.39, 0.29) is 5.91 Å². The highest BCUT2D eigenvalue weighted by molar-refractivity contribution is 6.30. The van der Waals surface area contributed by atoms with Gasteiger partial charge in [0.05, 0.1) is 0 Å². The zero-order valence-electron chi connectivity index (χ0n) is 11.4. The molecular weight excluding hydrogens is 290 g/mol. The summed E-state index contributed by atoms with van der Waals surface area (Å²) in [5.41, 5.74) is 1.68. The predicted octanol–water partition coefficient (Wildman–Crippen LogP) is 3.38. The molecule has 1 N–H and O–H groups in total. The first kappa shape index (κ1) is 15.1. The lowest BCUT2D eigenvalue weighted by Gasteiger charge is -2.21. The Balaban J connectivity index is 2.41. The van der Waals surface area contributed by atoms with Crippen molar-refractivity contribution in [3.63, 3.8) is 0 Å². The highest BCUT2D eigenvalue weighted by Crippen LogP contribution is 2.21. The van der Waals surface area contributed by atoms with E-state index in [2.05, 4.69) is 0 Å². The maximum absolute atomic E-state index is 12.6. The van der Waals surface area contributed by atoms with Crippen molar-refractivity contribution in [2.24, 2.45) is 0 Å². The lowest BCUT2D eigenvalue weighted by molar-refractivity contribution is -0.135. The normalized spacial score (nSPS) is 10.2. The minimum atomic E-state index is -1.07. The molecule has 0 heterocycles. The van der Waals surface area contributed by atoms with Gasteiger partial charge in [0.1, 0.15) is 6.54 Å². The van der Waals surface area contributed by atoms with E-state index in [4.69, 9.17) is 16.7 Å². The largest absolute Gasteiger partial charge is 0.480 e. The standard InChI is InChI=1S/C16H14ClNO3/c1-11-9-12(17)7-8-14(11)16(21)18(10-15(19)20)13-5-3-2-4-6-13/h2-9H,10H2,1H3,(H,19,20). The van der Waals surface area contributed by atoms with Crippen LogP contribution in [0, 0.1) is 6.92 Å². The number of para-hydroxylation sites is 1. The van der Waals surface area contributed by atoms with Gasteiger partial charge < -0.3 is 5.11 Å². The Bertz CT molecular complexity index is 670. The number of carboxylic acids is 1. The quantitative estimate of drug-likeness (QED) is 0.942. The summed E-state index contributed by atoms with van der Waals surface area (Å²) in [6.45, 7) is 1.37. The second-order valence-corrected chi connectivity index (χ2v) is 5.02. The molecule has 0 atom stereocenters. The topological polar surface area (TPSA) is 57.6 Å². The smallest absolute Gasteiger partial charge is 0.323 e. The van der Waals surface area contributed by atoms with Gasteiger partial charge in [-0.15, -0.1) is 0 Å². The Hall–Kier alpha value is -2.33. The van der Waals surface area contributed by atoms with Crippen LogP contribution in [0.25, 0.3) is 0 Å². The molecule has 0 saturated heterocycles. The lowest BCUT2D eigenvalue weighted by atomic mass is 10.1. The molecule has 2 rings (SSSR count). The number of hydrogen-bond donors (Lipinski definition) is 1. The van der Waals surface area contributed by atoms with E-state index >= 15 is 0 Å². The van der Waals surface area contributed by atoms with Crippen molar-refractivity contribution in [3.8, 4) is 0 Å². The molecule has 0 saturated carbocycles. The minimum absolute atomic E-state index is 0.363. The van der Waals surface area contributed by atoms with Crippen molar-refractivity contribution in [3.05, 3.63) is 64.7 Å². The summed E-state index contributed by atoms with van der Waals surface area (Å²) < 4.78 is 0. The fourth-order valence-electron chi connectivity index (χ4n) is 2.04. The van der Waals surface area contributed by atoms with Crippen LogP contribution in [-0.2, 0) is 4.79 Å². The van der Waals surface area contributed by atoms with Gasteiger partial charge >= 0.3 is 5.97 Å². The average Bonchev–Trinajstić information content (AvgIpc) is 2.45. The number of benzene rings is 2. The molecule has 0 radical (unpaired) electrons. The number of anilines is 1. The van der Waals surface area contributed by atoms with E-state index in [0.29, 0.717) is 21.8 Å². The van der Waals surface area contributed by atoms with Gasteiger partial charge in [-0.3, -0.25) is 14.5 Å². The molecule has 5 heteroatoms. The van der Waals surface area contributed by atoms with Gasteiger partial charge in [0.25, 0.3) is 5.91 Å². The third-order valence-electron chi connectivity index (χ3n) is 3.03. The Kier molecular flexibility index (Phi) is 4.60. The number of nitrogens with zero attached hydrogens (tertiary/aromatic N) is 1. The van der Waals surface area contributed by atoms with E-state index in [1.165, 1.54) is 4.90 Å². The van der Waals surface area contributed by atoms with Crippen LogP contribution < -0.4 is 4.90 Å². The maximum atomic E-state index is 12.6. The van der Waals surface area contributed by atoms with Crippen molar-refractivity contribution < 1.29 is 14.7 Å². The van der Waals surface area contributed by atoms with E-state index in [0.717, 1.165) is 0 Å². The summed E-state index contributed by atoms with van der Waals surface area (Å²) in [5.74, 6) is -1.43. The fraction of sp³-hybridized carbons (Fsp3) is 0.125. The number of amides is 1. The van der Waals surface area contributed by atoms with Gasteiger partial charge in [0.2, 0.25) is 0 Å². The molecule has 0 aromatic heterocycles. The number of rotatable bonds is 4. The summed E-state index contributed by atoms with van der Waals surface area (Å²) in [6, 6.07) is 13.6. The van der Waals surface area contributed by atoms with Gasteiger partial charge in [0.15, 0.2) is 0 Å². The zero-order valence-corrected chi connectivity index (χ0v) is 12.2. The Morgan fingerprint density at radius 3 is 2.38 bits per heavy atom. The van der Waals surface area contributed by atoms with Gasteiger partial charge in [-0.2, -0.15) is 0 Å². The first-order chi connectivity index (χ1) is 9.99. The minimum Gasteiger partial charge on any atom is -0.480 e. The first-order valence-corrected chi connectivity index (χ1v) is 6.71. The molecule has 108 valence electrons. The van der Waals surface area contributed by atoms with E-state index < -0.39 is 12.5 Å². The van der Waals surface area contributed by atoms with Crippen LogP contribution in [-0.4, -0.2) is 23.5 Å². The van der Waals surface area contributed by atoms with Gasteiger partial charge in [0, 0.05) is 16.3 Å². The highest BCUT2D eigenvalue weighted by atomic mass is 35.5. The third kappa shape index (κ3) is 3.61. The van der Waals surface area contributed by atoms with E-state index in [1.807, 2.05) is 0 Å². The van der Waals surface area contributed by atoms with Crippen LogP contribution in [0.3, 0.4) is 0 Å². The predicted molar refractivity (Wildman–Crippen MR) is 81.9 cm³/mol. The highest BCUT2D eigenvalue weighted by Gasteiger charge is 2.21. The number of carbonyl (C=O) groups excluding carboxylic acids is 1. The van der Waals surface area contributed by atoms with Crippen LogP contribution in [0.1, 0.15) is 15.9 Å². The molecule has 0 unspecified atom stereocenters. The summed E-state index contributed by atoms with van der Waals surface area (Å²) in [5, 5.41) is 9.58. The summed E-state index contributed by atoms with van der Waals surface area (Å²) in [4.78, 5) is 24.9. The molecule has 21 heavy (non-hydrogen) atoms. The monoisotopic (exact) mass is 303 g/mol. The van der Waals surface area contributed by atoms with E-state index in [9.17, 15) is 9.59 Å². The van der Waals surface area contributed by atoms with Crippen LogP contribution >= 0.6 is 11.6 Å². The average molecular weight is 304 g/mol. The van der Waals surface area contributed by atoms with Crippen molar-refractivity contribution in [2.45, 2.75) is 6.92 Å². The van der Waals surface area contributed by atoms with Gasteiger partial charge in [-0.25, -0.2) is 0 Å². The van der Waals surface area contributed by atoms with Crippen molar-refractivity contribution in [2.75, 3.05) is 11.4 Å². The molecule has 2 aromatic rings. The van der Waals surface area contributed by atoms with Crippen molar-refractivity contribution in [1.82, 2.24) is 0 Å². The summed E-state index contributed by atoms with van der Waals surface area (Å²) in [7, 11) is 0. The Morgan fingerprint density at radius 2 is 1.81 bits per heavy atom. The number of carboxylic acid groups (broad SMARTS) is 1. The van der Waals surface area contributed by atoms with Crippen molar-refractivity contribution >= 4 is 29.2 Å². The lowest BCUT2D eigenvalue weighted by Crippen LogP contribution is -2.36. The third-order valence-corrected chi connectivity index (χ3v) is 3.26. The molecule has 0 bridgehead atoms. The molecule has 0 spiro atoms. The van der Waals surface area contributed by atoms with Crippen molar-refractivity contribution in [1.29, 1.82) is 0 Å². The molecular formula is C16H14ClNO3. The number of aliphatic carboxylic acids is 1. The van der Waals surface area contributed by atoms with Gasteiger partial charge in [-0.1, -0.05) is 29.8 Å². The molecule has 2 aromatic carbocycles. The number of halogens is 1. The fourth-order valence-corrected chi connectivity index (χ4v) is 2.26. The number of aryl methyl sites for hydroxylation is 1.